The lowest BCUT2D eigenvalue weighted by atomic mass is 10.3. The maximum absolute atomic E-state index is 12.5. The third-order valence-electron chi connectivity index (χ3n) is 4.16. The highest BCUT2D eigenvalue weighted by Crippen LogP contribution is 2.20. The number of thiazole rings is 1. The fraction of sp³-hybridized carbons (Fsp3) is 0.0500. The number of rotatable bonds is 7. The first kappa shape index (κ1) is 18.3. The zero-order valence-electron chi connectivity index (χ0n) is 14.8. The van der Waals surface area contributed by atoms with E-state index in [0.717, 1.165) is 17.1 Å². The van der Waals surface area contributed by atoms with E-state index < -0.39 is 10.0 Å². The van der Waals surface area contributed by atoms with E-state index in [-0.39, 0.29) is 4.90 Å². The van der Waals surface area contributed by atoms with Gasteiger partial charge in [0.1, 0.15) is 0 Å². The molecular formula is C20H18N4O2S2. The second-order valence-electron chi connectivity index (χ2n) is 6.03. The standard InChI is InChI=1S/C20H18N4O2S2/c25-28(26,23-20-21-12-14-27-20)19-10-8-17(9-11-19)24-13-4-7-18(24)15-22-16-5-2-1-3-6-16/h1-14,22H,15H2,(H,21,23). The summed E-state index contributed by atoms with van der Waals surface area (Å²) in [5.41, 5.74) is 3.01. The average Bonchev–Trinajstić information content (AvgIpc) is 3.39. The van der Waals surface area contributed by atoms with Gasteiger partial charge in [-0.15, -0.1) is 11.3 Å². The third kappa shape index (κ3) is 4.08. The second kappa shape index (κ2) is 7.87. The van der Waals surface area contributed by atoms with Crippen molar-refractivity contribution in [3.63, 3.8) is 0 Å². The van der Waals surface area contributed by atoms with Crippen LogP contribution < -0.4 is 10.0 Å². The van der Waals surface area contributed by atoms with E-state index >= 15 is 0 Å². The molecule has 2 heterocycles. The van der Waals surface area contributed by atoms with Crippen LogP contribution in [0.15, 0.2) is 89.4 Å². The smallest absolute Gasteiger partial charge is 0.263 e. The maximum Gasteiger partial charge on any atom is 0.263 e. The minimum Gasteiger partial charge on any atom is -0.379 e. The van der Waals surface area contributed by atoms with Crippen LogP contribution in [0.25, 0.3) is 5.69 Å². The monoisotopic (exact) mass is 410 g/mol. The van der Waals surface area contributed by atoms with Crippen LogP contribution >= 0.6 is 11.3 Å². The molecule has 0 saturated heterocycles. The van der Waals surface area contributed by atoms with Crippen LogP contribution in [0.5, 0.6) is 0 Å². The van der Waals surface area contributed by atoms with Crippen molar-refractivity contribution in [1.29, 1.82) is 0 Å². The van der Waals surface area contributed by atoms with Gasteiger partial charge >= 0.3 is 0 Å². The first-order valence-corrected chi connectivity index (χ1v) is 11.0. The van der Waals surface area contributed by atoms with E-state index in [4.69, 9.17) is 0 Å². The van der Waals surface area contributed by atoms with Gasteiger partial charge in [-0.3, -0.25) is 4.72 Å². The molecule has 2 N–H and O–H groups in total. The predicted octanol–water partition coefficient (Wildman–Crippen LogP) is 4.35. The van der Waals surface area contributed by atoms with Crippen LogP contribution in [-0.2, 0) is 16.6 Å². The summed E-state index contributed by atoms with van der Waals surface area (Å²) in [6.07, 6.45) is 3.52. The molecule has 0 radical (unpaired) electrons. The molecule has 0 bridgehead atoms. The number of hydrogen-bond acceptors (Lipinski definition) is 5. The van der Waals surface area contributed by atoms with Crippen molar-refractivity contribution in [3.8, 4) is 5.69 Å². The van der Waals surface area contributed by atoms with Crippen molar-refractivity contribution < 1.29 is 8.42 Å². The molecule has 0 unspecified atom stereocenters. The molecule has 0 aliphatic rings. The largest absolute Gasteiger partial charge is 0.379 e. The molecule has 6 nitrogen and oxygen atoms in total. The van der Waals surface area contributed by atoms with Crippen molar-refractivity contribution in [2.45, 2.75) is 11.4 Å². The molecule has 28 heavy (non-hydrogen) atoms. The summed E-state index contributed by atoms with van der Waals surface area (Å²) in [6, 6.07) is 20.8. The fourth-order valence-electron chi connectivity index (χ4n) is 2.79. The molecule has 8 heteroatoms. The normalized spacial score (nSPS) is 11.3. The Morgan fingerprint density at radius 2 is 1.75 bits per heavy atom. The lowest BCUT2D eigenvalue weighted by Gasteiger charge is -2.12. The Kier molecular flexibility index (Phi) is 5.14. The van der Waals surface area contributed by atoms with E-state index in [1.807, 2.05) is 53.2 Å². The number of aromatic nitrogens is 2. The van der Waals surface area contributed by atoms with E-state index in [0.29, 0.717) is 11.7 Å². The summed E-state index contributed by atoms with van der Waals surface area (Å²) < 4.78 is 29.4. The number of sulfonamides is 1. The van der Waals surface area contributed by atoms with Gasteiger partial charge in [0.15, 0.2) is 5.13 Å². The van der Waals surface area contributed by atoms with E-state index in [1.54, 1.807) is 35.8 Å². The highest BCUT2D eigenvalue weighted by Gasteiger charge is 2.15. The lowest BCUT2D eigenvalue weighted by molar-refractivity contribution is 0.601. The quantitative estimate of drug-likeness (QED) is 0.475. The summed E-state index contributed by atoms with van der Waals surface area (Å²) in [7, 11) is -3.65. The Morgan fingerprint density at radius 3 is 2.46 bits per heavy atom. The van der Waals surface area contributed by atoms with Crippen LogP contribution in [0.1, 0.15) is 5.69 Å². The average molecular weight is 411 g/mol. The van der Waals surface area contributed by atoms with Crippen molar-refractivity contribution in [3.05, 3.63) is 90.2 Å². The lowest BCUT2D eigenvalue weighted by Crippen LogP contribution is -2.13. The summed E-state index contributed by atoms with van der Waals surface area (Å²) in [5.74, 6) is 0. The number of para-hydroxylation sites is 1. The Morgan fingerprint density at radius 1 is 0.964 bits per heavy atom. The molecule has 0 amide bonds. The van der Waals surface area contributed by atoms with Crippen LogP contribution in [0.2, 0.25) is 0 Å². The zero-order chi connectivity index (χ0) is 19.4. The first-order chi connectivity index (χ1) is 13.6. The minimum absolute atomic E-state index is 0.197. The predicted molar refractivity (Wildman–Crippen MR) is 112 cm³/mol. The van der Waals surface area contributed by atoms with E-state index in [1.165, 1.54) is 11.3 Å². The van der Waals surface area contributed by atoms with Gasteiger partial charge in [0.25, 0.3) is 10.0 Å². The molecular weight excluding hydrogens is 392 g/mol. The van der Waals surface area contributed by atoms with Gasteiger partial charge in [0.05, 0.1) is 11.4 Å². The van der Waals surface area contributed by atoms with Crippen LogP contribution in [0.4, 0.5) is 10.8 Å². The molecule has 0 spiro atoms. The number of hydrogen-bond donors (Lipinski definition) is 2. The molecule has 2 aromatic carbocycles. The van der Waals surface area contributed by atoms with Gasteiger partial charge in [-0.1, -0.05) is 18.2 Å². The van der Waals surface area contributed by atoms with Gasteiger partial charge < -0.3 is 9.88 Å². The van der Waals surface area contributed by atoms with Crippen LogP contribution in [0.3, 0.4) is 0 Å². The van der Waals surface area contributed by atoms with Crippen molar-refractivity contribution in [1.82, 2.24) is 9.55 Å². The van der Waals surface area contributed by atoms with Gasteiger partial charge in [-0.2, -0.15) is 0 Å². The molecule has 4 aromatic rings. The molecule has 0 aliphatic heterocycles. The Hall–Kier alpha value is -3.10. The van der Waals surface area contributed by atoms with Gasteiger partial charge in [-0.05, 0) is 48.5 Å². The molecule has 0 fully saturated rings. The fourth-order valence-corrected chi connectivity index (χ4v) is 4.58. The molecule has 142 valence electrons. The highest BCUT2D eigenvalue weighted by atomic mass is 32.2. The highest BCUT2D eigenvalue weighted by molar-refractivity contribution is 7.93. The number of benzene rings is 2. The Labute approximate surface area is 167 Å². The molecule has 0 aliphatic carbocycles. The van der Waals surface area contributed by atoms with Crippen molar-refractivity contribution in [2.75, 3.05) is 10.0 Å². The minimum atomic E-state index is -3.65. The van der Waals surface area contributed by atoms with E-state index in [2.05, 4.69) is 15.0 Å². The van der Waals surface area contributed by atoms with Gasteiger partial charge in [-0.25, -0.2) is 13.4 Å². The van der Waals surface area contributed by atoms with Crippen LogP contribution in [0, 0.1) is 0 Å². The van der Waals surface area contributed by atoms with Gasteiger partial charge in [0.2, 0.25) is 0 Å². The number of anilines is 2. The first-order valence-electron chi connectivity index (χ1n) is 8.60. The molecule has 2 aromatic heterocycles. The maximum atomic E-state index is 12.5. The number of nitrogens with one attached hydrogen (secondary N) is 2. The zero-order valence-corrected chi connectivity index (χ0v) is 16.5. The van der Waals surface area contributed by atoms with E-state index in [9.17, 15) is 8.42 Å². The summed E-state index contributed by atoms with van der Waals surface area (Å²) in [6.45, 7) is 0.655. The van der Waals surface area contributed by atoms with Crippen LogP contribution in [-0.4, -0.2) is 18.0 Å². The summed E-state index contributed by atoms with van der Waals surface area (Å²) >= 11 is 1.24. The van der Waals surface area contributed by atoms with Crippen molar-refractivity contribution in [2.24, 2.45) is 0 Å². The summed E-state index contributed by atoms with van der Waals surface area (Å²) in [5, 5.41) is 5.46. The number of nitrogens with zero attached hydrogens (tertiary/aromatic N) is 2. The third-order valence-corrected chi connectivity index (χ3v) is 6.33. The molecule has 4 rings (SSSR count). The second-order valence-corrected chi connectivity index (χ2v) is 8.60. The Balaban J connectivity index is 1.51. The SMILES string of the molecule is O=S(=O)(Nc1nccs1)c1ccc(-n2cccc2CNc2ccccc2)cc1. The Bertz CT molecular complexity index is 1140. The van der Waals surface area contributed by atoms with Gasteiger partial charge in [0, 0.05) is 34.8 Å². The molecule has 0 atom stereocenters. The molecule has 0 saturated carbocycles. The summed E-state index contributed by atoms with van der Waals surface area (Å²) in [4.78, 5) is 4.16. The van der Waals surface area contributed by atoms with Crippen molar-refractivity contribution >= 4 is 32.2 Å². The topological polar surface area (TPSA) is 76.0 Å².